The van der Waals surface area contributed by atoms with Gasteiger partial charge in [0, 0.05) is 27.7 Å². The molecule has 0 saturated heterocycles. The van der Waals surface area contributed by atoms with Crippen LogP contribution >= 0.6 is 11.6 Å². The number of hydrogen-bond donors (Lipinski definition) is 2. The zero-order chi connectivity index (χ0) is 11.9. The van der Waals surface area contributed by atoms with Gasteiger partial charge in [0.25, 0.3) is 0 Å². The number of benzene rings is 1. The first-order valence-corrected chi connectivity index (χ1v) is 4.86. The second kappa shape index (κ2) is 3.68. The highest BCUT2D eigenvalue weighted by atomic mass is 35.5. The van der Waals surface area contributed by atoms with Crippen molar-refractivity contribution in [2.75, 3.05) is 0 Å². The minimum atomic E-state index is -4.45. The molecule has 2 aromatic rings. The number of rotatable bonds is 1. The van der Waals surface area contributed by atoms with Gasteiger partial charge in [0.1, 0.15) is 6.04 Å². The van der Waals surface area contributed by atoms with E-state index in [0.29, 0.717) is 15.9 Å². The summed E-state index contributed by atoms with van der Waals surface area (Å²) in [4.78, 5) is 2.72. The number of nitrogens with one attached hydrogen (secondary N) is 1. The molecule has 0 spiro atoms. The molecule has 0 aliphatic rings. The molecule has 1 aromatic carbocycles. The molecule has 6 heteroatoms. The summed E-state index contributed by atoms with van der Waals surface area (Å²) in [7, 11) is 0. The lowest BCUT2D eigenvalue weighted by Gasteiger charge is -2.14. The normalized spacial score (nSPS) is 14.3. The first-order valence-electron chi connectivity index (χ1n) is 4.48. The van der Waals surface area contributed by atoms with Crippen LogP contribution in [0.3, 0.4) is 0 Å². The third kappa shape index (κ3) is 1.88. The molecular formula is C10H8ClF3N2. The lowest BCUT2D eigenvalue weighted by Crippen LogP contribution is -2.28. The van der Waals surface area contributed by atoms with Gasteiger partial charge in [-0.1, -0.05) is 17.7 Å². The molecule has 16 heavy (non-hydrogen) atoms. The summed E-state index contributed by atoms with van der Waals surface area (Å²) in [6.45, 7) is 0. The van der Waals surface area contributed by atoms with Gasteiger partial charge in [0.05, 0.1) is 0 Å². The minimum Gasteiger partial charge on any atom is -0.361 e. The van der Waals surface area contributed by atoms with Gasteiger partial charge < -0.3 is 10.7 Å². The van der Waals surface area contributed by atoms with Crippen molar-refractivity contribution in [3.63, 3.8) is 0 Å². The summed E-state index contributed by atoms with van der Waals surface area (Å²) >= 11 is 5.72. The lowest BCUT2D eigenvalue weighted by molar-refractivity contribution is -0.148. The van der Waals surface area contributed by atoms with Crippen LogP contribution in [0.5, 0.6) is 0 Å². The smallest absolute Gasteiger partial charge is 0.361 e. The molecule has 0 fully saturated rings. The van der Waals surface area contributed by atoms with Gasteiger partial charge in [-0.2, -0.15) is 13.2 Å². The second-order valence-corrected chi connectivity index (χ2v) is 3.89. The maximum absolute atomic E-state index is 12.5. The Morgan fingerprint density at radius 1 is 1.31 bits per heavy atom. The van der Waals surface area contributed by atoms with Crippen molar-refractivity contribution >= 4 is 22.5 Å². The second-order valence-electron chi connectivity index (χ2n) is 3.45. The van der Waals surface area contributed by atoms with Gasteiger partial charge in [0.2, 0.25) is 0 Å². The molecule has 2 rings (SSSR count). The number of fused-ring (bicyclic) bond motifs is 1. The molecule has 0 amide bonds. The van der Waals surface area contributed by atoms with Crippen molar-refractivity contribution in [1.29, 1.82) is 0 Å². The molecule has 0 aliphatic carbocycles. The van der Waals surface area contributed by atoms with Crippen LogP contribution in [-0.2, 0) is 0 Å². The fraction of sp³-hybridized carbons (Fsp3) is 0.200. The van der Waals surface area contributed by atoms with Crippen LogP contribution in [0.4, 0.5) is 13.2 Å². The number of aromatic amines is 1. The molecule has 1 unspecified atom stereocenters. The van der Waals surface area contributed by atoms with Gasteiger partial charge in [-0.3, -0.25) is 0 Å². The summed E-state index contributed by atoms with van der Waals surface area (Å²) in [5, 5.41) is 0.899. The quantitative estimate of drug-likeness (QED) is 0.798. The van der Waals surface area contributed by atoms with Crippen molar-refractivity contribution in [3.05, 3.63) is 35.0 Å². The Morgan fingerprint density at radius 2 is 2.00 bits per heavy atom. The maximum atomic E-state index is 12.5. The highest BCUT2D eigenvalue weighted by Gasteiger charge is 2.39. The SMILES string of the molecule is NC(c1c[nH]c2cc(Cl)ccc12)C(F)(F)F. The molecule has 1 atom stereocenters. The van der Waals surface area contributed by atoms with Crippen LogP contribution in [0.1, 0.15) is 11.6 Å². The van der Waals surface area contributed by atoms with E-state index < -0.39 is 12.2 Å². The number of alkyl halides is 3. The summed E-state index contributed by atoms with van der Waals surface area (Å²) in [5.41, 5.74) is 5.71. The Morgan fingerprint density at radius 3 is 2.62 bits per heavy atom. The maximum Gasteiger partial charge on any atom is 0.407 e. The van der Waals surface area contributed by atoms with E-state index in [1.807, 2.05) is 0 Å². The van der Waals surface area contributed by atoms with E-state index in [4.69, 9.17) is 17.3 Å². The molecular weight excluding hydrogens is 241 g/mol. The first-order chi connectivity index (χ1) is 7.39. The van der Waals surface area contributed by atoms with Crippen LogP contribution < -0.4 is 5.73 Å². The van der Waals surface area contributed by atoms with Crippen molar-refractivity contribution in [2.45, 2.75) is 12.2 Å². The minimum absolute atomic E-state index is 0.0270. The van der Waals surface area contributed by atoms with Gasteiger partial charge in [-0.05, 0) is 12.1 Å². The van der Waals surface area contributed by atoms with Crippen LogP contribution in [0.2, 0.25) is 5.02 Å². The highest BCUT2D eigenvalue weighted by Crippen LogP contribution is 2.34. The topological polar surface area (TPSA) is 41.8 Å². The van der Waals surface area contributed by atoms with E-state index in [0.717, 1.165) is 0 Å². The zero-order valence-corrected chi connectivity index (χ0v) is 8.73. The molecule has 2 nitrogen and oxygen atoms in total. The summed E-state index contributed by atoms with van der Waals surface area (Å²) < 4.78 is 37.4. The average Bonchev–Trinajstić information content (AvgIpc) is 2.57. The Hall–Kier alpha value is -1.20. The average molecular weight is 249 g/mol. The third-order valence-corrected chi connectivity index (χ3v) is 2.60. The van der Waals surface area contributed by atoms with Crippen LogP contribution in [0, 0.1) is 0 Å². The van der Waals surface area contributed by atoms with Gasteiger partial charge >= 0.3 is 6.18 Å². The fourth-order valence-electron chi connectivity index (χ4n) is 1.55. The summed E-state index contributed by atoms with van der Waals surface area (Å²) in [5.74, 6) is 0. The molecule has 1 heterocycles. The largest absolute Gasteiger partial charge is 0.407 e. The summed E-state index contributed by atoms with van der Waals surface area (Å²) in [6, 6.07) is 2.63. The van der Waals surface area contributed by atoms with Crippen molar-refractivity contribution in [2.24, 2.45) is 5.73 Å². The highest BCUT2D eigenvalue weighted by molar-refractivity contribution is 6.31. The molecule has 0 aliphatic heterocycles. The number of halogens is 4. The van der Waals surface area contributed by atoms with Gasteiger partial charge in [0.15, 0.2) is 0 Å². The van der Waals surface area contributed by atoms with Crippen molar-refractivity contribution < 1.29 is 13.2 Å². The van der Waals surface area contributed by atoms with Crippen molar-refractivity contribution in [3.8, 4) is 0 Å². The van der Waals surface area contributed by atoms with Gasteiger partial charge in [-0.15, -0.1) is 0 Å². The Bertz CT molecular complexity index is 518. The van der Waals surface area contributed by atoms with Crippen LogP contribution in [0.25, 0.3) is 10.9 Å². The monoisotopic (exact) mass is 248 g/mol. The molecule has 86 valence electrons. The van der Waals surface area contributed by atoms with E-state index in [9.17, 15) is 13.2 Å². The van der Waals surface area contributed by atoms with E-state index >= 15 is 0 Å². The number of H-pyrrole nitrogens is 1. The van der Waals surface area contributed by atoms with E-state index in [1.165, 1.54) is 18.3 Å². The summed E-state index contributed by atoms with van der Waals surface area (Å²) in [6.07, 6.45) is -3.19. The predicted molar refractivity (Wildman–Crippen MR) is 56.3 cm³/mol. The Kier molecular flexibility index (Phi) is 2.59. The number of hydrogen-bond acceptors (Lipinski definition) is 1. The predicted octanol–water partition coefficient (Wildman–Crippen LogP) is 3.38. The lowest BCUT2D eigenvalue weighted by atomic mass is 10.1. The number of nitrogens with two attached hydrogens (primary N) is 1. The van der Waals surface area contributed by atoms with E-state index in [2.05, 4.69) is 4.98 Å². The molecule has 0 saturated carbocycles. The zero-order valence-electron chi connectivity index (χ0n) is 7.98. The van der Waals surface area contributed by atoms with E-state index in [-0.39, 0.29) is 5.56 Å². The fourth-order valence-corrected chi connectivity index (χ4v) is 1.73. The number of aromatic nitrogens is 1. The van der Waals surface area contributed by atoms with Crippen LogP contribution in [-0.4, -0.2) is 11.2 Å². The molecule has 0 bridgehead atoms. The molecule has 0 radical (unpaired) electrons. The standard InChI is InChI=1S/C10H8ClF3N2/c11-5-1-2-6-7(4-16-8(6)3-5)9(15)10(12,13)14/h1-4,9,16H,15H2. The Labute approximate surface area is 94.2 Å². The van der Waals surface area contributed by atoms with Gasteiger partial charge in [-0.25, -0.2) is 0 Å². The molecule has 1 aromatic heterocycles. The molecule has 3 N–H and O–H groups in total. The Balaban J connectivity index is 2.54. The first kappa shape index (κ1) is 11.3. The van der Waals surface area contributed by atoms with Crippen LogP contribution in [0.15, 0.2) is 24.4 Å². The van der Waals surface area contributed by atoms with E-state index in [1.54, 1.807) is 6.07 Å². The third-order valence-electron chi connectivity index (χ3n) is 2.36. The van der Waals surface area contributed by atoms with Crippen molar-refractivity contribution in [1.82, 2.24) is 4.98 Å².